The van der Waals surface area contributed by atoms with Crippen molar-refractivity contribution in [3.63, 3.8) is 0 Å². The van der Waals surface area contributed by atoms with Gasteiger partial charge in [0.15, 0.2) is 0 Å². The van der Waals surface area contributed by atoms with Gasteiger partial charge in [-0.1, -0.05) is 0 Å². The van der Waals surface area contributed by atoms with Crippen LogP contribution in [0.25, 0.3) is 0 Å². The lowest BCUT2D eigenvalue weighted by molar-refractivity contribution is 0.142. The molecule has 2 rings (SSSR count). The van der Waals surface area contributed by atoms with Crippen molar-refractivity contribution in [3.8, 4) is 0 Å². The van der Waals surface area contributed by atoms with Crippen molar-refractivity contribution >= 4 is 33.2 Å². The third-order valence-electron chi connectivity index (χ3n) is 2.89. The number of aromatic nitrogens is 2. The van der Waals surface area contributed by atoms with Gasteiger partial charge < -0.3 is 14.6 Å². The van der Waals surface area contributed by atoms with E-state index in [0.29, 0.717) is 0 Å². The lowest BCUT2D eigenvalue weighted by atomic mass is 10.4. The molecule has 1 N–H and O–H groups in total. The standard InChI is InChI=1S/C14H20BrN3OS/c1-3-19-7-4-6-18-10-11(2)17-14(18)16-9-13-12(15)5-8-20-13/h5,8,10H,3-4,6-7,9H2,1-2H3,(H,16,17). The van der Waals surface area contributed by atoms with E-state index in [1.54, 1.807) is 11.3 Å². The molecule has 6 heteroatoms. The maximum absolute atomic E-state index is 5.38. The third-order valence-corrected chi connectivity index (χ3v) is 4.81. The van der Waals surface area contributed by atoms with E-state index in [-0.39, 0.29) is 0 Å². The van der Waals surface area contributed by atoms with Gasteiger partial charge in [0, 0.05) is 35.3 Å². The molecular formula is C14H20BrN3OS. The predicted octanol–water partition coefficient (Wildman–Crippen LogP) is 4.05. The van der Waals surface area contributed by atoms with Crippen molar-refractivity contribution in [1.82, 2.24) is 9.55 Å². The SMILES string of the molecule is CCOCCCn1cc(C)nc1NCc1sccc1Br. The molecule has 0 aliphatic rings. The summed E-state index contributed by atoms with van der Waals surface area (Å²) in [5.74, 6) is 0.930. The quantitative estimate of drug-likeness (QED) is 0.724. The first-order chi connectivity index (χ1) is 9.70. The summed E-state index contributed by atoms with van der Waals surface area (Å²) in [6.45, 7) is 7.33. The van der Waals surface area contributed by atoms with Gasteiger partial charge in [-0.25, -0.2) is 4.98 Å². The number of ether oxygens (including phenoxy) is 1. The summed E-state index contributed by atoms with van der Waals surface area (Å²) in [5, 5.41) is 5.49. The number of thiophene rings is 1. The van der Waals surface area contributed by atoms with Gasteiger partial charge in [0.2, 0.25) is 5.95 Å². The van der Waals surface area contributed by atoms with Crippen LogP contribution in [0.4, 0.5) is 5.95 Å². The number of hydrogen-bond acceptors (Lipinski definition) is 4. The second-order valence-corrected chi connectivity index (χ2v) is 6.35. The molecule has 2 heterocycles. The van der Waals surface area contributed by atoms with E-state index in [9.17, 15) is 0 Å². The second kappa shape index (κ2) is 7.81. The zero-order valence-electron chi connectivity index (χ0n) is 11.9. The summed E-state index contributed by atoms with van der Waals surface area (Å²) < 4.78 is 8.69. The van der Waals surface area contributed by atoms with Gasteiger partial charge in [0.25, 0.3) is 0 Å². The topological polar surface area (TPSA) is 39.1 Å². The molecule has 0 saturated heterocycles. The van der Waals surface area contributed by atoms with E-state index >= 15 is 0 Å². The van der Waals surface area contributed by atoms with Crippen LogP contribution in [-0.2, 0) is 17.8 Å². The predicted molar refractivity (Wildman–Crippen MR) is 87.4 cm³/mol. The monoisotopic (exact) mass is 357 g/mol. The summed E-state index contributed by atoms with van der Waals surface area (Å²) in [7, 11) is 0. The highest BCUT2D eigenvalue weighted by atomic mass is 79.9. The van der Waals surface area contributed by atoms with Gasteiger partial charge >= 0.3 is 0 Å². The molecule has 0 spiro atoms. The molecule has 20 heavy (non-hydrogen) atoms. The van der Waals surface area contributed by atoms with Crippen LogP contribution in [0, 0.1) is 6.92 Å². The molecular weight excluding hydrogens is 338 g/mol. The first kappa shape index (κ1) is 15.5. The summed E-state index contributed by atoms with van der Waals surface area (Å²) in [6, 6.07) is 2.07. The highest BCUT2D eigenvalue weighted by Crippen LogP contribution is 2.23. The largest absolute Gasteiger partial charge is 0.382 e. The fraction of sp³-hybridized carbons (Fsp3) is 0.500. The fourth-order valence-corrected chi connectivity index (χ4v) is 3.38. The lowest BCUT2D eigenvalue weighted by Gasteiger charge is -2.09. The van der Waals surface area contributed by atoms with Crippen LogP contribution in [0.5, 0.6) is 0 Å². The summed E-state index contributed by atoms with van der Waals surface area (Å²) >= 11 is 5.29. The highest BCUT2D eigenvalue weighted by molar-refractivity contribution is 9.10. The number of halogens is 1. The molecule has 2 aromatic heterocycles. The van der Waals surface area contributed by atoms with Crippen LogP contribution in [0.15, 0.2) is 22.1 Å². The maximum Gasteiger partial charge on any atom is 0.203 e. The number of rotatable bonds is 8. The summed E-state index contributed by atoms with van der Waals surface area (Å²) in [5.41, 5.74) is 1.04. The van der Waals surface area contributed by atoms with Crippen molar-refractivity contribution in [2.45, 2.75) is 33.4 Å². The Morgan fingerprint density at radius 1 is 1.50 bits per heavy atom. The lowest BCUT2D eigenvalue weighted by Crippen LogP contribution is -2.08. The number of nitrogens with one attached hydrogen (secondary N) is 1. The first-order valence-corrected chi connectivity index (χ1v) is 8.45. The Hall–Kier alpha value is -0.850. The van der Waals surface area contributed by atoms with Crippen LogP contribution in [0.2, 0.25) is 0 Å². The van der Waals surface area contributed by atoms with Crippen LogP contribution in [-0.4, -0.2) is 22.8 Å². The van der Waals surface area contributed by atoms with Crippen molar-refractivity contribution < 1.29 is 4.74 Å². The zero-order valence-corrected chi connectivity index (χ0v) is 14.3. The average molecular weight is 358 g/mol. The fourth-order valence-electron chi connectivity index (χ4n) is 1.95. The molecule has 0 bridgehead atoms. The second-order valence-electron chi connectivity index (χ2n) is 4.50. The molecule has 0 saturated carbocycles. The van der Waals surface area contributed by atoms with E-state index in [2.05, 4.69) is 48.4 Å². The Morgan fingerprint density at radius 2 is 2.35 bits per heavy atom. The van der Waals surface area contributed by atoms with Crippen molar-refractivity contribution in [1.29, 1.82) is 0 Å². The van der Waals surface area contributed by atoms with E-state index in [1.807, 2.05) is 13.8 Å². The van der Waals surface area contributed by atoms with Crippen LogP contribution < -0.4 is 5.32 Å². The molecule has 0 atom stereocenters. The number of imidazole rings is 1. The normalized spacial score (nSPS) is 10.9. The third kappa shape index (κ3) is 4.33. The molecule has 0 radical (unpaired) electrons. The molecule has 2 aromatic rings. The Labute approximate surface area is 132 Å². The van der Waals surface area contributed by atoms with Crippen molar-refractivity contribution in [3.05, 3.63) is 32.7 Å². The van der Waals surface area contributed by atoms with E-state index in [0.717, 1.165) is 48.8 Å². The molecule has 0 fully saturated rings. The van der Waals surface area contributed by atoms with Crippen molar-refractivity contribution in [2.75, 3.05) is 18.5 Å². The zero-order chi connectivity index (χ0) is 14.4. The Morgan fingerprint density at radius 3 is 3.05 bits per heavy atom. The van der Waals surface area contributed by atoms with Crippen LogP contribution in [0.3, 0.4) is 0 Å². The van der Waals surface area contributed by atoms with Crippen molar-refractivity contribution in [2.24, 2.45) is 0 Å². The first-order valence-electron chi connectivity index (χ1n) is 6.78. The molecule has 110 valence electrons. The summed E-state index contributed by atoms with van der Waals surface area (Å²) in [6.07, 6.45) is 3.08. The molecule has 0 aromatic carbocycles. The van der Waals surface area contributed by atoms with Gasteiger partial charge in [-0.05, 0) is 47.6 Å². The van der Waals surface area contributed by atoms with Crippen LogP contribution in [0.1, 0.15) is 23.9 Å². The number of anilines is 1. The minimum absolute atomic E-state index is 0.778. The van der Waals surface area contributed by atoms with E-state index < -0.39 is 0 Å². The van der Waals surface area contributed by atoms with Crippen LogP contribution >= 0.6 is 27.3 Å². The average Bonchev–Trinajstić information content (AvgIpc) is 2.98. The Kier molecular flexibility index (Phi) is 6.06. The van der Waals surface area contributed by atoms with Gasteiger partial charge in [-0.15, -0.1) is 11.3 Å². The maximum atomic E-state index is 5.38. The molecule has 0 unspecified atom stereocenters. The molecule has 4 nitrogen and oxygen atoms in total. The minimum atomic E-state index is 0.778. The van der Waals surface area contributed by atoms with Gasteiger partial charge in [0.1, 0.15) is 0 Å². The number of nitrogens with zero attached hydrogens (tertiary/aromatic N) is 2. The van der Waals surface area contributed by atoms with Gasteiger partial charge in [0.05, 0.1) is 12.2 Å². The number of hydrogen-bond donors (Lipinski definition) is 1. The minimum Gasteiger partial charge on any atom is -0.382 e. The Balaban J connectivity index is 1.91. The Bertz CT molecular complexity index is 538. The molecule has 0 aliphatic carbocycles. The molecule has 0 aliphatic heterocycles. The van der Waals surface area contributed by atoms with Gasteiger partial charge in [-0.2, -0.15) is 0 Å². The smallest absolute Gasteiger partial charge is 0.203 e. The number of aryl methyl sites for hydroxylation is 2. The van der Waals surface area contributed by atoms with E-state index in [4.69, 9.17) is 4.74 Å². The summed E-state index contributed by atoms with van der Waals surface area (Å²) in [4.78, 5) is 5.82. The molecule has 0 amide bonds. The van der Waals surface area contributed by atoms with E-state index in [1.165, 1.54) is 4.88 Å². The van der Waals surface area contributed by atoms with Gasteiger partial charge in [-0.3, -0.25) is 0 Å². The highest BCUT2D eigenvalue weighted by Gasteiger charge is 2.07.